The van der Waals surface area contributed by atoms with Crippen LogP contribution in [0.25, 0.3) is 5.65 Å². The van der Waals surface area contributed by atoms with Crippen molar-refractivity contribution in [3.8, 4) is 0 Å². The third kappa shape index (κ3) is 2.37. The number of nitrogens with zero attached hydrogens (tertiary/aromatic N) is 3. The zero-order chi connectivity index (χ0) is 13.2. The molecule has 3 rings (SSSR count). The molecule has 1 N–H and O–H groups in total. The lowest BCUT2D eigenvalue weighted by atomic mass is 10.2. The second-order valence-electron chi connectivity index (χ2n) is 4.60. The van der Waals surface area contributed by atoms with Crippen LogP contribution in [0.15, 0.2) is 40.9 Å². The molecule has 0 amide bonds. The summed E-state index contributed by atoms with van der Waals surface area (Å²) in [6.07, 6.45) is 1.97. The fraction of sp³-hybridized carbons (Fsp3) is 0.286. The zero-order valence-electron chi connectivity index (χ0n) is 11.0. The Bertz CT molecular complexity index is 685. The predicted octanol–water partition coefficient (Wildman–Crippen LogP) is 2.48. The van der Waals surface area contributed by atoms with Crippen molar-refractivity contribution >= 4 is 5.65 Å². The third-order valence-corrected chi connectivity index (χ3v) is 3.14. The summed E-state index contributed by atoms with van der Waals surface area (Å²) in [5, 5.41) is 11.7. The van der Waals surface area contributed by atoms with Gasteiger partial charge in [-0.1, -0.05) is 6.07 Å². The fourth-order valence-corrected chi connectivity index (χ4v) is 2.04. The van der Waals surface area contributed by atoms with Gasteiger partial charge in [0.25, 0.3) is 0 Å². The van der Waals surface area contributed by atoms with Crippen LogP contribution in [0, 0.1) is 6.92 Å². The van der Waals surface area contributed by atoms with E-state index in [9.17, 15) is 0 Å². The summed E-state index contributed by atoms with van der Waals surface area (Å²) in [5.41, 5.74) is 0.862. The van der Waals surface area contributed by atoms with Crippen LogP contribution in [-0.4, -0.2) is 14.6 Å². The highest BCUT2D eigenvalue weighted by Gasteiger charge is 2.11. The van der Waals surface area contributed by atoms with Crippen LogP contribution >= 0.6 is 0 Å². The van der Waals surface area contributed by atoms with Gasteiger partial charge < -0.3 is 9.73 Å². The van der Waals surface area contributed by atoms with Crippen molar-refractivity contribution < 1.29 is 4.42 Å². The molecule has 3 aromatic heterocycles. The van der Waals surface area contributed by atoms with Crippen LogP contribution in [0.3, 0.4) is 0 Å². The lowest BCUT2D eigenvalue weighted by Crippen LogP contribution is -2.19. The molecule has 0 radical (unpaired) electrons. The van der Waals surface area contributed by atoms with Crippen molar-refractivity contribution in [2.45, 2.75) is 26.4 Å². The lowest BCUT2D eigenvalue weighted by Gasteiger charge is -2.10. The van der Waals surface area contributed by atoms with Gasteiger partial charge >= 0.3 is 0 Å². The average molecular weight is 256 g/mol. The molecule has 1 atom stereocenters. The van der Waals surface area contributed by atoms with Crippen LogP contribution in [0.2, 0.25) is 0 Å². The molecule has 0 fully saturated rings. The molecule has 0 saturated carbocycles. The average Bonchev–Trinajstić information content (AvgIpc) is 3.02. The molecule has 0 bridgehead atoms. The first-order valence-corrected chi connectivity index (χ1v) is 6.32. The smallest absolute Gasteiger partial charge is 0.160 e. The Kier molecular flexibility index (Phi) is 3.05. The quantitative estimate of drug-likeness (QED) is 0.779. The van der Waals surface area contributed by atoms with E-state index in [1.165, 1.54) is 0 Å². The first-order chi connectivity index (χ1) is 9.24. The molecule has 5 nitrogen and oxygen atoms in total. The van der Waals surface area contributed by atoms with Gasteiger partial charge in [0.2, 0.25) is 0 Å². The summed E-state index contributed by atoms with van der Waals surface area (Å²) in [6, 6.07) is 9.98. The molecule has 19 heavy (non-hydrogen) atoms. The number of hydrogen-bond donors (Lipinski definition) is 1. The number of fused-ring (bicyclic) bond motifs is 1. The Hall–Kier alpha value is -2.14. The van der Waals surface area contributed by atoms with Crippen LogP contribution in [0.5, 0.6) is 0 Å². The van der Waals surface area contributed by atoms with Gasteiger partial charge in [-0.3, -0.25) is 4.40 Å². The molecule has 0 spiro atoms. The van der Waals surface area contributed by atoms with Gasteiger partial charge in [0, 0.05) is 6.20 Å². The topological polar surface area (TPSA) is 55.4 Å². The second-order valence-corrected chi connectivity index (χ2v) is 4.60. The van der Waals surface area contributed by atoms with Crippen LogP contribution in [0.1, 0.15) is 30.3 Å². The maximum absolute atomic E-state index is 5.60. The van der Waals surface area contributed by atoms with E-state index in [2.05, 4.69) is 22.4 Å². The van der Waals surface area contributed by atoms with Gasteiger partial charge in [-0.15, -0.1) is 10.2 Å². The lowest BCUT2D eigenvalue weighted by molar-refractivity contribution is 0.412. The number of nitrogens with one attached hydrogen (secondary N) is 1. The van der Waals surface area contributed by atoms with E-state index in [1.807, 2.05) is 47.9 Å². The van der Waals surface area contributed by atoms with Crippen molar-refractivity contribution in [1.29, 1.82) is 0 Å². The zero-order valence-corrected chi connectivity index (χ0v) is 11.0. The van der Waals surface area contributed by atoms with Crippen LogP contribution < -0.4 is 5.32 Å². The fourth-order valence-electron chi connectivity index (χ4n) is 2.04. The van der Waals surface area contributed by atoms with Crippen LogP contribution in [-0.2, 0) is 6.54 Å². The molecule has 0 aliphatic heterocycles. The minimum atomic E-state index is 0.143. The van der Waals surface area contributed by atoms with E-state index >= 15 is 0 Å². The molecule has 3 aromatic rings. The molecule has 3 heterocycles. The Morgan fingerprint density at radius 1 is 1.26 bits per heavy atom. The normalized spacial score (nSPS) is 12.9. The molecule has 1 unspecified atom stereocenters. The number of hydrogen-bond acceptors (Lipinski definition) is 4. The number of furan rings is 1. The summed E-state index contributed by atoms with van der Waals surface area (Å²) in [6.45, 7) is 4.66. The molecule has 98 valence electrons. The van der Waals surface area contributed by atoms with Crippen molar-refractivity contribution in [2.75, 3.05) is 0 Å². The number of rotatable bonds is 4. The van der Waals surface area contributed by atoms with Gasteiger partial charge in [-0.2, -0.15) is 0 Å². The third-order valence-electron chi connectivity index (χ3n) is 3.14. The molecule has 0 saturated heterocycles. The maximum atomic E-state index is 5.60. The number of pyridine rings is 1. The van der Waals surface area contributed by atoms with E-state index in [-0.39, 0.29) is 6.04 Å². The molecule has 0 aliphatic carbocycles. The first kappa shape index (κ1) is 11.9. The van der Waals surface area contributed by atoms with E-state index < -0.39 is 0 Å². The highest BCUT2D eigenvalue weighted by Crippen LogP contribution is 2.16. The van der Waals surface area contributed by atoms with E-state index in [0.717, 1.165) is 23.0 Å². The highest BCUT2D eigenvalue weighted by molar-refractivity contribution is 5.36. The van der Waals surface area contributed by atoms with Gasteiger partial charge in [-0.05, 0) is 38.1 Å². The van der Waals surface area contributed by atoms with Crippen molar-refractivity contribution in [1.82, 2.24) is 19.9 Å². The van der Waals surface area contributed by atoms with E-state index in [4.69, 9.17) is 4.42 Å². The maximum Gasteiger partial charge on any atom is 0.160 e. The minimum absolute atomic E-state index is 0.143. The predicted molar refractivity (Wildman–Crippen MR) is 71.7 cm³/mol. The second kappa shape index (κ2) is 4.85. The summed E-state index contributed by atoms with van der Waals surface area (Å²) in [7, 11) is 0. The molecule has 0 aliphatic rings. The van der Waals surface area contributed by atoms with Gasteiger partial charge in [0.1, 0.15) is 11.5 Å². The first-order valence-electron chi connectivity index (χ1n) is 6.32. The largest absolute Gasteiger partial charge is 0.465 e. The molecular formula is C14H16N4O. The minimum Gasteiger partial charge on any atom is -0.465 e. The van der Waals surface area contributed by atoms with Crippen molar-refractivity contribution in [2.24, 2.45) is 0 Å². The summed E-state index contributed by atoms with van der Waals surface area (Å²) < 4.78 is 7.58. The van der Waals surface area contributed by atoms with E-state index in [1.54, 1.807) is 0 Å². The Labute approximate surface area is 111 Å². The highest BCUT2D eigenvalue weighted by atomic mass is 16.3. The Morgan fingerprint density at radius 2 is 2.16 bits per heavy atom. The van der Waals surface area contributed by atoms with Gasteiger partial charge in [0.15, 0.2) is 11.5 Å². The van der Waals surface area contributed by atoms with Crippen LogP contribution in [0.4, 0.5) is 0 Å². The Balaban J connectivity index is 1.72. The Morgan fingerprint density at radius 3 is 2.95 bits per heavy atom. The summed E-state index contributed by atoms with van der Waals surface area (Å²) in [5.74, 6) is 2.76. The summed E-state index contributed by atoms with van der Waals surface area (Å²) in [4.78, 5) is 0. The van der Waals surface area contributed by atoms with Crippen molar-refractivity contribution in [3.05, 3.63) is 53.9 Å². The molecule has 5 heteroatoms. The standard InChI is InChI=1S/C14H16N4O/c1-10-6-7-12(19-10)11(2)15-9-14-17-16-13-5-3-4-8-18(13)14/h3-8,11,15H,9H2,1-2H3. The van der Waals surface area contributed by atoms with E-state index in [0.29, 0.717) is 6.54 Å². The SMILES string of the molecule is Cc1ccc(C(C)NCc2nnc3ccccn23)o1. The van der Waals surface area contributed by atoms with Gasteiger partial charge in [-0.25, -0.2) is 0 Å². The van der Waals surface area contributed by atoms with Crippen molar-refractivity contribution in [3.63, 3.8) is 0 Å². The number of aryl methyl sites for hydroxylation is 1. The molecule has 0 aromatic carbocycles. The summed E-state index contributed by atoms with van der Waals surface area (Å²) >= 11 is 0. The monoisotopic (exact) mass is 256 g/mol. The molecular weight excluding hydrogens is 240 g/mol. The number of aromatic nitrogens is 3. The van der Waals surface area contributed by atoms with Gasteiger partial charge in [0.05, 0.1) is 12.6 Å².